The minimum Gasteiger partial charge on any atom is -0.506 e. The molecule has 3 aromatic rings. The fourth-order valence-corrected chi connectivity index (χ4v) is 2.45. The molecular weight excluding hydrogens is 298 g/mol. The van der Waals surface area contributed by atoms with Crippen molar-refractivity contribution in [3.63, 3.8) is 0 Å². The van der Waals surface area contributed by atoms with Crippen molar-refractivity contribution in [2.75, 3.05) is 0 Å². The van der Waals surface area contributed by atoms with Crippen molar-refractivity contribution in [3.05, 3.63) is 75.6 Å². The summed E-state index contributed by atoms with van der Waals surface area (Å²) in [5.41, 5.74) is -1.07. The lowest BCUT2D eigenvalue weighted by atomic mass is 9.99. The zero-order valence-corrected chi connectivity index (χ0v) is 11.7. The molecule has 1 aromatic heterocycles. The fraction of sp³-hybridized carbons (Fsp3) is 0. The highest BCUT2D eigenvalue weighted by molar-refractivity contribution is 6.15. The summed E-state index contributed by atoms with van der Waals surface area (Å²) in [5, 5.41) is 19.6. The number of aromatic hydroxyl groups is 1. The van der Waals surface area contributed by atoms with Gasteiger partial charge in [0.2, 0.25) is 5.78 Å². The molecule has 1 heterocycles. The molecule has 3 rings (SSSR count). The van der Waals surface area contributed by atoms with Gasteiger partial charge in [0, 0.05) is 5.56 Å². The summed E-state index contributed by atoms with van der Waals surface area (Å²) in [6.45, 7) is 0. The normalized spacial score (nSPS) is 10.6. The van der Waals surface area contributed by atoms with Crippen LogP contribution in [0.5, 0.6) is 5.75 Å². The van der Waals surface area contributed by atoms with Gasteiger partial charge in [0.1, 0.15) is 11.3 Å². The third-order valence-corrected chi connectivity index (χ3v) is 3.51. The molecule has 2 aromatic carbocycles. The molecule has 0 radical (unpaired) electrons. The zero-order chi connectivity index (χ0) is 16.6. The molecule has 0 unspecified atom stereocenters. The molecule has 0 spiro atoms. The van der Waals surface area contributed by atoms with E-state index in [1.807, 2.05) is 0 Å². The topological polar surface area (TPSA) is 107 Å². The Labute approximate surface area is 129 Å². The average Bonchev–Trinajstić information content (AvgIpc) is 2.54. The molecule has 0 fully saturated rings. The maximum atomic E-state index is 12.5. The molecule has 0 amide bonds. The van der Waals surface area contributed by atoms with Gasteiger partial charge in [0.25, 0.3) is 5.56 Å². The molecular formula is C17H11NO5. The van der Waals surface area contributed by atoms with Gasteiger partial charge >= 0.3 is 5.97 Å². The summed E-state index contributed by atoms with van der Waals surface area (Å²) in [6.07, 6.45) is 0. The van der Waals surface area contributed by atoms with Crippen molar-refractivity contribution in [3.8, 4) is 5.75 Å². The highest BCUT2D eigenvalue weighted by Crippen LogP contribution is 2.29. The number of aromatic nitrogens is 1. The number of aromatic amines is 1. The minimum atomic E-state index is -1.27. The first-order chi connectivity index (χ1) is 11.0. The number of benzene rings is 2. The van der Waals surface area contributed by atoms with Crippen molar-refractivity contribution in [1.82, 2.24) is 4.98 Å². The van der Waals surface area contributed by atoms with Gasteiger partial charge in [-0.15, -0.1) is 0 Å². The molecule has 6 heteroatoms. The maximum Gasteiger partial charge on any atom is 0.336 e. The van der Waals surface area contributed by atoms with E-state index in [0.717, 1.165) is 0 Å². The standard InChI is InChI=1S/C17H11NO5/c19-14(9-5-2-1-3-6-9)13-15(20)12-10(17(22)23)7-4-8-11(12)18-16(13)21/h1-8H,(H,22,23)(H2,18,20,21). The average molecular weight is 309 g/mol. The minimum absolute atomic E-state index is 0.0705. The lowest BCUT2D eigenvalue weighted by molar-refractivity contribution is 0.0698. The van der Waals surface area contributed by atoms with Crippen molar-refractivity contribution in [2.24, 2.45) is 0 Å². The van der Waals surface area contributed by atoms with Crippen molar-refractivity contribution >= 4 is 22.7 Å². The second-order valence-electron chi connectivity index (χ2n) is 4.91. The highest BCUT2D eigenvalue weighted by atomic mass is 16.4. The molecule has 114 valence electrons. The van der Waals surface area contributed by atoms with Crippen LogP contribution in [0.2, 0.25) is 0 Å². The van der Waals surface area contributed by atoms with E-state index < -0.39 is 28.6 Å². The first-order valence-corrected chi connectivity index (χ1v) is 6.71. The number of ketones is 1. The van der Waals surface area contributed by atoms with E-state index in [-0.39, 0.29) is 22.0 Å². The zero-order valence-electron chi connectivity index (χ0n) is 11.7. The number of carboxylic acid groups (broad SMARTS) is 1. The molecule has 23 heavy (non-hydrogen) atoms. The van der Waals surface area contributed by atoms with Crippen LogP contribution in [-0.4, -0.2) is 26.9 Å². The van der Waals surface area contributed by atoms with Crippen molar-refractivity contribution in [1.29, 1.82) is 0 Å². The predicted octanol–water partition coefficient (Wildman–Crippen LogP) is 2.16. The number of fused-ring (bicyclic) bond motifs is 1. The van der Waals surface area contributed by atoms with Gasteiger partial charge in [-0.1, -0.05) is 36.4 Å². The molecule has 0 atom stereocenters. The van der Waals surface area contributed by atoms with E-state index in [1.54, 1.807) is 18.2 Å². The van der Waals surface area contributed by atoms with Crippen LogP contribution in [0.3, 0.4) is 0 Å². The van der Waals surface area contributed by atoms with Gasteiger partial charge in [-0.25, -0.2) is 4.79 Å². The van der Waals surface area contributed by atoms with Gasteiger partial charge < -0.3 is 15.2 Å². The molecule has 0 aliphatic heterocycles. The fourth-order valence-electron chi connectivity index (χ4n) is 2.45. The summed E-state index contributed by atoms with van der Waals surface area (Å²) in [6, 6.07) is 12.2. The largest absolute Gasteiger partial charge is 0.506 e. The van der Waals surface area contributed by atoms with Crippen LogP contribution in [0.4, 0.5) is 0 Å². The van der Waals surface area contributed by atoms with Gasteiger partial charge in [0.05, 0.1) is 16.5 Å². The Morgan fingerprint density at radius 3 is 2.30 bits per heavy atom. The van der Waals surface area contributed by atoms with Crippen LogP contribution < -0.4 is 5.56 Å². The number of carbonyl (C=O) groups excluding carboxylic acids is 1. The molecule has 6 nitrogen and oxygen atoms in total. The number of hydrogen-bond acceptors (Lipinski definition) is 4. The third kappa shape index (κ3) is 2.36. The maximum absolute atomic E-state index is 12.5. The van der Waals surface area contributed by atoms with E-state index in [0.29, 0.717) is 0 Å². The van der Waals surface area contributed by atoms with Crippen LogP contribution >= 0.6 is 0 Å². The molecule has 0 aliphatic rings. The Hall–Kier alpha value is -3.41. The molecule has 0 bridgehead atoms. The van der Waals surface area contributed by atoms with Crippen molar-refractivity contribution in [2.45, 2.75) is 0 Å². The summed E-state index contributed by atoms with van der Waals surface area (Å²) in [7, 11) is 0. The van der Waals surface area contributed by atoms with Gasteiger partial charge in [-0.05, 0) is 12.1 Å². The van der Waals surface area contributed by atoms with Crippen LogP contribution in [0.15, 0.2) is 53.3 Å². The molecule has 0 saturated heterocycles. The number of carbonyl (C=O) groups is 2. The summed E-state index contributed by atoms with van der Waals surface area (Å²) >= 11 is 0. The third-order valence-electron chi connectivity index (χ3n) is 3.51. The summed E-state index contributed by atoms with van der Waals surface area (Å²) in [4.78, 5) is 38.4. The van der Waals surface area contributed by atoms with E-state index >= 15 is 0 Å². The molecule has 3 N–H and O–H groups in total. The molecule has 0 aliphatic carbocycles. The van der Waals surface area contributed by atoms with Crippen LogP contribution in [0, 0.1) is 0 Å². The Morgan fingerprint density at radius 1 is 0.957 bits per heavy atom. The van der Waals surface area contributed by atoms with E-state index in [4.69, 9.17) is 0 Å². The summed E-state index contributed by atoms with van der Waals surface area (Å²) < 4.78 is 0. The van der Waals surface area contributed by atoms with Crippen LogP contribution in [-0.2, 0) is 0 Å². The van der Waals surface area contributed by atoms with Crippen LogP contribution in [0.1, 0.15) is 26.3 Å². The van der Waals surface area contributed by atoms with E-state index in [9.17, 15) is 24.6 Å². The van der Waals surface area contributed by atoms with Gasteiger partial charge in [-0.3, -0.25) is 9.59 Å². The Morgan fingerprint density at radius 2 is 1.65 bits per heavy atom. The predicted molar refractivity (Wildman–Crippen MR) is 83.1 cm³/mol. The Balaban J connectivity index is 2.35. The Bertz CT molecular complexity index is 989. The molecule has 0 saturated carbocycles. The number of H-pyrrole nitrogens is 1. The first kappa shape index (κ1) is 14.5. The Kier molecular flexibility index (Phi) is 3.42. The van der Waals surface area contributed by atoms with Gasteiger partial charge in [-0.2, -0.15) is 0 Å². The van der Waals surface area contributed by atoms with Crippen molar-refractivity contribution < 1.29 is 19.8 Å². The quantitative estimate of drug-likeness (QED) is 0.643. The monoisotopic (exact) mass is 309 g/mol. The number of rotatable bonds is 3. The second kappa shape index (κ2) is 5.42. The second-order valence-corrected chi connectivity index (χ2v) is 4.91. The number of pyridine rings is 1. The highest BCUT2D eigenvalue weighted by Gasteiger charge is 2.23. The van der Waals surface area contributed by atoms with E-state index in [2.05, 4.69) is 4.98 Å². The lowest BCUT2D eigenvalue weighted by Crippen LogP contribution is -2.19. The first-order valence-electron chi connectivity index (χ1n) is 6.71. The lowest BCUT2D eigenvalue weighted by Gasteiger charge is -2.09. The number of hydrogen-bond donors (Lipinski definition) is 3. The van der Waals surface area contributed by atoms with Gasteiger partial charge in [0.15, 0.2) is 0 Å². The van der Waals surface area contributed by atoms with E-state index in [1.165, 1.54) is 30.3 Å². The number of nitrogens with one attached hydrogen (secondary N) is 1. The SMILES string of the molecule is O=C(c1ccccc1)c1c(O)c2c(C(=O)O)cccc2[nH]c1=O. The number of carboxylic acids is 1. The summed E-state index contributed by atoms with van der Waals surface area (Å²) in [5.74, 6) is -2.57. The number of aromatic carboxylic acids is 1. The smallest absolute Gasteiger partial charge is 0.336 e. The van der Waals surface area contributed by atoms with Crippen LogP contribution in [0.25, 0.3) is 10.9 Å².